The van der Waals surface area contributed by atoms with Crippen LogP contribution in [0.2, 0.25) is 0 Å². The van der Waals surface area contributed by atoms with Crippen molar-refractivity contribution in [3.05, 3.63) is 46.8 Å². The zero-order valence-corrected chi connectivity index (χ0v) is 20.6. The number of benzene rings is 1. The molecule has 2 rings (SSSR count). The minimum absolute atomic E-state index is 0. The number of hydrogen-bond acceptors (Lipinski definition) is 5. The van der Waals surface area contributed by atoms with Crippen molar-refractivity contribution in [3.8, 4) is 5.75 Å². The lowest BCUT2D eigenvalue weighted by Gasteiger charge is -2.12. The molecule has 8 nitrogen and oxygen atoms in total. The van der Waals surface area contributed by atoms with Crippen molar-refractivity contribution in [2.45, 2.75) is 40.3 Å². The maximum atomic E-state index is 11.9. The molecule has 0 aliphatic heterocycles. The fraction of sp³-hybridized carbons (Fsp3) is 0.476. The van der Waals surface area contributed by atoms with Crippen molar-refractivity contribution in [3.63, 3.8) is 0 Å². The SMILES string of the molecule is CCNC(=NCc1ccc(OC)c(C(=O)OC)c1)NCCCn1nc(C)cc1C.I. The van der Waals surface area contributed by atoms with Crippen LogP contribution in [0.5, 0.6) is 5.75 Å². The standard InChI is InChI=1S/C21H31N5O3.HI/c1-6-22-21(23-10-7-11-26-16(3)12-15(2)25-26)24-14-17-8-9-19(28-4)18(13-17)20(27)29-5;/h8-9,12-13H,6-7,10-11,14H2,1-5H3,(H2,22,23,24);1H. The number of carbonyl (C=O) groups is 1. The number of aliphatic imine (C=N–C) groups is 1. The second-order valence-corrected chi connectivity index (χ2v) is 6.65. The van der Waals surface area contributed by atoms with E-state index in [4.69, 9.17) is 9.47 Å². The number of aryl methyl sites for hydroxylation is 3. The lowest BCUT2D eigenvalue weighted by molar-refractivity contribution is 0.0597. The number of halogens is 1. The maximum absolute atomic E-state index is 11.9. The average molecular weight is 529 g/mol. The molecule has 0 atom stereocenters. The smallest absolute Gasteiger partial charge is 0.341 e. The number of carbonyl (C=O) groups excluding carboxylic acids is 1. The first-order chi connectivity index (χ1) is 14.0. The van der Waals surface area contributed by atoms with Crippen molar-refractivity contribution in [1.82, 2.24) is 20.4 Å². The van der Waals surface area contributed by atoms with Gasteiger partial charge >= 0.3 is 5.97 Å². The number of hydrogen-bond donors (Lipinski definition) is 2. The van der Waals surface area contributed by atoms with E-state index in [1.165, 1.54) is 19.9 Å². The Labute approximate surface area is 195 Å². The van der Waals surface area contributed by atoms with Gasteiger partial charge in [0.2, 0.25) is 0 Å². The van der Waals surface area contributed by atoms with Gasteiger partial charge in [-0.05, 0) is 51.0 Å². The predicted molar refractivity (Wildman–Crippen MR) is 129 cm³/mol. The molecule has 0 saturated carbocycles. The number of esters is 1. The van der Waals surface area contributed by atoms with Gasteiger partial charge in [0.1, 0.15) is 11.3 Å². The molecular formula is C21H32IN5O3. The predicted octanol–water partition coefficient (Wildman–Crippen LogP) is 3.06. The highest BCUT2D eigenvalue weighted by atomic mass is 127. The highest BCUT2D eigenvalue weighted by Gasteiger charge is 2.13. The molecule has 2 N–H and O–H groups in total. The molecule has 0 radical (unpaired) electrons. The Morgan fingerprint density at radius 1 is 1.20 bits per heavy atom. The Morgan fingerprint density at radius 2 is 1.97 bits per heavy atom. The van der Waals surface area contributed by atoms with Gasteiger partial charge in [0.05, 0.1) is 26.5 Å². The third-order valence-corrected chi connectivity index (χ3v) is 4.38. The second kappa shape index (κ2) is 13.1. The fourth-order valence-electron chi connectivity index (χ4n) is 2.97. The number of ether oxygens (including phenoxy) is 2. The molecule has 2 aromatic rings. The largest absolute Gasteiger partial charge is 0.496 e. The van der Waals surface area contributed by atoms with Crippen molar-refractivity contribution in [1.29, 1.82) is 0 Å². The van der Waals surface area contributed by atoms with Crippen LogP contribution in [0.1, 0.15) is 40.7 Å². The van der Waals surface area contributed by atoms with Gasteiger partial charge in [-0.3, -0.25) is 4.68 Å². The van der Waals surface area contributed by atoms with E-state index in [9.17, 15) is 4.79 Å². The summed E-state index contributed by atoms with van der Waals surface area (Å²) in [6, 6.07) is 7.48. The van der Waals surface area contributed by atoms with Gasteiger partial charge in [0.15, 0.2) is 5.96 Å². The molecule has 1 heterocycles. The van der Waals surface area contributed by atoms with Crippen molar-refractivity contribution in [2.24, 2.45) is 4.99 Å². The van der Waals surface area contributed by atoms with E-state index >= 15 is 0 Å². The van der Waals surface area contributed by atoms with Crippen LogP contribution in [0.15, 0.2) is 29.3 Å². The third kappa shape index (κ3) is 7.51. The number of guanidine groups is 1. The molecule has 0 saturated heterocycles. The monoisotopic (exact) mass is 529 g/mol. The zero-order valence-electron chi connectivity index (χ0n) is 18.3. The number of aromatic nitrogens is 2. The molecule has 1 aromatic carbocycles. The summed E-state index contributed by atoms with van der Waals surface area (Å²) in [4.78, 5) is 16.5. The Balaban J connectivity index is 0.00000450. The normalized spacial score (nSPS) is 10.9. The summed E-state index contributed by atoms with van der Waals surface area (Å²) in [5.41, 5.74) is 3.50. The van der Waals surface area contributed by atoms with E-state index < -0.39 is 5.97 Å². The Morgan fingerprint density at radius 3 is 2.57 bits per heavy atom. The minimum Gasteiger partial charge on any atom is -0.496 e. The topological polar surface area (TPSA) is 89.8 Å². The van der Waals surface area contributed by atoms with E-state index in [0.29, 0.717) is 17.9 Å². The van der Waals surface area contributed by atoms with Crippen LogP contribution in [0, 0.1) is 13.8 Å². The van der Waals surface area contributed by atoms with Crippen LogP contribution in [0.4, 0.5) is 0 Å². The molecule has 0 bridgehead atoms. The van der Waals surface area contributed by atoms with Crippen LogP contribution in [0.3, 0.4) is 0 Å². The molecule has 0 fully saturated rings. The van der Waals surface area contributed by atoms with Gasteiger partial charge in [-0.1, -0.05) is 6.07 Å². The van der Waals surface area contributed by atoms with Gasteiger partial charge in [0.25, 0.3) is 0 Å². The number of methoxy groups -OCH3 is 2. The van der Waals surface area contributed by atoms with Crippen molar-refractivity contribution < 1.29 is 14.3 Å². The molecule has 166 valence electrons. The molecule has 0 unspecified atom stereocenters. The van der Waals surface area contributed by atoms with E-state index in [1.807, 2.05) is 24.6 Å². The number of rotatable bonds is 9. The minimum atomic E-state index is -0.429. The summed E-state index contributed by atoms with van der Waals surface area (Å²) < 4.78 is 12.1. The first kappa shape index (κ1) is 25.7. The van der Waals surface area contributed by atoms with Gasteiger partial charge in [0, 0.05) is 25.3 Å². The van der Waals surface area contributed by atoms with Crippen molar-refractivity contribution in [2.75, 3.05) is 27.3 Å². The molecular weight excluding hydrogens is 497 g/mol. The lowest BCUT2D eigenvalue weighted by atomic mass is 10.1. The number of nitrogens with zero attached hydrogens (tertiary/aromatic N) is 3. The Bertz CT molecular complexity index is 851. The van der Waals surface area contributed by atoms with E-state index in [-0.39, 0.29) is 24.0 Å². The van der Waals surface area contributed by atoms with Crippen LogP contribution in [0.25, 0.3) is 0 Å². The van der Waals surface area contributed by atoms with E-state index in [1.54, 1.807) is 12.1 Å². The zero-order chi connectivity index (χ0) is 21.2. The van der Waals surface area contributed by atoms with Crippen molar-refractivity contribution >= 4 is 35.9 Å². The van der Waals surface area contributed by atoms with Crippen LogP contribution in [-0.2, 0) is 17.8 Å². The van der Waals surface area contributed by atoms with Gasteiger partial charge in [-0.2, -0.15) is 5.10 Å². The summed E-state index contributed by atoms with van der Waals surface area (Å²) >= 11 is 0. The Kier molecular flexibility index (Phi) is 11.2. The quantitative estimate of drug-likeness (QED) is 0.171. The number of nitrogens with one attached hydrogen (secondary N) is 2. The highest BCUT2D eigenvalue weighted by Crippen LogP contribution is 2.21. The lowest BCUT2D eigenvalue weighted by Crippen LogP contribution is -2.38. The van der Waals surface area contributed by atoms with Gasteiger partial charge in [-0.15, -0.1) is 24.0 Å². The van der Waals surface area contributed by atoms with Crippen LogP contribution >= 0.6 is 24.0 Å². The summed E-state index contributed by atoms with van der Waals surface area (Å²) in [6.07, 6.45) is 0.932. The van der Waals surface area contributed by atoms with Gasteiger partial charge in [-0.25, -0.2) is 9.79 Å². The third-order valence-electron chi connectivity index (χ3n) is 4.38. The molecule has 0 aliphatic rings. The Hall–Kier alpha value is -2.30. The van der Waals surface area contributed by atoms with Gasteiger partial charge < -0.3 is 20.1 Å². The summed E-state index contributed by atoms with van der Waals surface area (Å²) in [5.74, 6) is 0.789. The molecule has 30 heavy (non-hydrogen) atoms. The molecule has 9 heteroatoms. The molecule has 0 aliphatic carbocycles. The second-order valence-electron chi connectivity index (χ2n) is 6.65. The molecule has 1 aromatic heterocycles. The first-order valence-corrected chi connectivity index (χ1v) is 9.77. The first-order valence-electron chi connectivity index (χ1n) is 9.77. The molecule has 0 amide bonds. The van der Waals surface area contributed by atoms with Crippen LogP contribution in [-0.4, -0.2) is 49.0 Å². The fourth-order valence-corrected chi connectivity index (χ4v) is 2.97. The summed E-state index contributed by atoms with van der Waals surface area (Å²) in [6.45, 7) is 8.92. The highest BCUT2D eigenvalue weighted by molar-refractivity contribution is 14.0. The summed E-state index contributed by atoms with van der Waals surface area (Å²) in [5, 5.41) is 11.1. The molecule has 0 spiro atoms. The van der Waals surface area contributed by atoms with Crippen LogP contribution < -0.4 is 15.4 Å². The maximum Gasteiger partial charge on any atom is 0.341 e. The van der Waals surface area contributed by atoms with E-state index in [0.717, 1.165) is 43.3 Å². The summed E-state index contributed by atoms with van der Waals surface area (Å²) in [7, 11) is 2.88. The average Bonchev–Trinajstić information content (AvgIpc) is 3.05. The van der Waals surface area contributed by atoms with E-state index in [2.05, 4.69) is 33.7 Å².